The number of halogens is 1. The molecule has 0 fully saturated rings. The molecule has 1 rings (SSSR count). The van der Waals surface area contributed by atoms with Crippen molar-refractivity contribution in [3.63, 3.8) is 0 Å². The maximum atomic E-state index is 11.1. The average Bonchev–Trinajstić information content (AvgIpc) is 2.28. The molecule has 0 aromatic heterocycles. The number of carbonyl (C=O) groups is 1. The number of hydrogen-bond acceptors (Lipinski definition) is 2. The van der Waals surface area contributed by atoms with Gasteiger partial charge in [0.1, 0.15) is 11.6 Å². The van der Waals surface area contributed by atoms with Crippen molar-refractivity contribution in [1.29, 1.82) is 0 Å². The minimum absolute atomic E-state index is 0.0283. The lowest BCUT2D eigenvalue weighted by Crippen LogP contribution is -2.27. The van der Waals surface area contributed by atoms with Gasteiger partial charge in [-0.15, -0.1) is 11.6 Å². The van der Waals surface area contributed by atoms with Crippen LogP contribution in [0, 0.1) is 0 Å². The molecule has 0 bridgehead atoms. The van der Waals surface area contributed by atoms with Crippen molar-refractivity contribution < 1.29 is 9.53 Å². The van der Waals surface area contributed by atoms with E-state index in [-0.39, 0.29) is 17.8 Å². The predicted molar refractivity (Wildman–Crippen MR) is 60.3 cm³/mol. The number of nitrogens with one attached hydrogen (secondary N) is 1. The zero-order valence-corrected chi connectivity index (χ0v) is 9.54. The number of benzene rings is 1. The van der Waals surface area contributed by atoms with Crippen LogP contribution in [-0.2, 0) is 4.79 Å². The quantitative estimate of drug-likeness (QED) is 0.801. The van der Waals surface area contributed by atoms with Crippen molar-refractivity contribution in [3.05, 3.63) is 29.8 Å². The molecule has 1 atom stereocenters. The number of amides is 1. The minimum Gasteiger partial charge on any atom is -0.496 e. The Labute approximate surface area is 94.4 Å². The Balaban J connectivity index is 2.80. The number of alkyl halides is 1. The van der Waals surface area contributed by atoms with Gasteiger partial charge in [-0.3, -0.25) is 4.79 Å². The minimum atomic E-state index is -0.185. The van der Waals surface area contributed by atoms with Crippen LogP contribution in [0.1, 0.15) is 18.5 Å². The van der Waals surface area contributed by atoms with Gasteiger partial charge in [-0.25, -0.2) is 0 Å². The van der Waals surface area contributed by atoms with Crippen molar-refractivity contribution in [2.75, 3.05) is 13.0 Å². The van der Waals surface area contributed by atoms with E-state index in [1.165, 1.54) is 0 Å². The summed E-state index contributed by atoms with van der Waals surface area (Å²) in [4.78, 5) is 11.1. The molecule has 1 aromatic carbocycles. The summed E-state index contributed by atoms with van der Waals surface area (Å²) < 4.78 is 5.20. The number of para-hydroxylation sites is 1. The van der Waals surface area contributed by atoms with E-state index in [0.29, 0.717) is 0 Å². The molecule has 0 saturated carbocycles. The first-order chi connectivity index (χ1) is 7.19. The van der Waals surface area contributed by atoms with Gasteiger partial charge in [0.2, 0.25) is 5.91 Å². The number of carbonyl (C=O) groups excluding carboxylic acids is 1. The Morgan fingerprint density at radius 2 is 2.20 bits per heavy atom. The van der Waals surface area contributed by atoms with Gasteiger partial charge in [0.25, 0.3) is 0 Å². The van der Waals surface area contributed by atoms with Crippen LogP contribution >= 0.6 is 11.6 Å². The fourth-order valence-electron chi connectivity index (χ4n) is 1.38. The third-order valence-corrected chi connectivity index (χ3v) is 2.35. The SMILES string of the molecule is COc1ccccc1C(C)NC(=O)CCl. The lowest BCUT2D eigenvalue weighted by atomic mass is 10.1. The Morgan fingerprint density at radius 1 is 1.53 bits per heavy atom. The second-order valence-electron chi connectivity index (χ2n) is 3.16. The largest absolute Gasteiger partial charge is 0.496 e. The molecule has 15 heavy (non-hydrogen) atoms. The molecule has 0 aliphatic rings. The van der Waals surface area contributed by atoms with Crippen molar-refractivity contribution in [1.82, 2.24) is 5.32 Å². The zero-order chi connectivity index (χ0) is 11.3. The predicted octanol–water partition coefficient (Wildman–Crippen LogP) is 2.11. The van der Waals surface area contributed by atoms with Crippen molar-refractivity contribution in [3.8, 4) is 5.75 Å². The molecule has 3 nitrogen and oxygen atoms in total. The number of rotatable bonds is 4. The molecule has 0 aliphatic carbocycles. The van der Waals surface area contributed by atoms with Crippen LogP contribution in [0.15, 0.2) is 24.3 Å². The maximum Gasteiger partial charge on any atom is 0.235 e. The smallest absolute Gasteiger partial charge is 0.235 e. The molecule has 0 aliphatic heterocycles. The molecule has 0 spiro atoms. The third kappa shape index (κ3) is 3.13. The van der Waals surface area contributed by atoms with Crippen LogP contribution in [-0.4, -0.2) is 18.9 Å². The molecule has 1 unspecified atom stereocenters. The summed E-state index contributed by atoms with van der Waals surface area (Å²) in [6, 6.07) is 7.46. The zero-order valence-electron chi connectivity index (χ0n) is 8.79. The molecule has 82 valence electrons. The van der Waals surface area contributed by atoms with E-state index in [1.54, 1.807) is 7.11 Å². The van der Waals surface area contributed by atoms with Gasteiger partial charge >= 0.3 is 0 Å². The molecular formula is C11H14ClNO2. The van der Waals surface area contributed by atoms with E-state index in [4.69, 9.17) is 16.3 Å². The summed E-state index contributed by atoms with van der Waals surface area (Å²) in [5.74, 6) is 0.550. The van der Waals surface area contributed by atoms with Gasteiger partial charge in [0, 0.05) is 5.56 Å². The van der Waals surface area contributed by atoms with Gasteiger partial charge in [-0.05, 0) is 13.0 Å². The van der Waals surface area contributed by atoms with Crippen LogP contribution in [0.2, 0.25) is 0 Å². The molecule has 0 radical (unpaired) electrons. The van der Waals surface area contributed by atoms with Gasteiger partial charge < -0.3 is 10.1 Å². The van der Waals surface area contributed by atoms with Crippen molar-refractivity contribution in [2.45, 2.75) is 13.0 Å². The molecule has 1 amide bonds. The van der Waals surface area contributed by atoms with E-state index in [2.05, 4.69) is 5.32 Å². The molecule has 4 heteroatoms. The molecule has 1 N–H and O–H groups in total. The first-order valence-corrected chi connectivity index (χ1v) is 5.20. The lowest BCUT2D eigenvalue weighted by Gasteiger charge is -2.16. The standard InChI is InChI=1S/C11H14ClNO2/c1-8(13-11(14)7-12)9-5-3-4-6-10(9)15-2/h3-6,8H,7H2,1-2H3,(H,13,14). The summed E-state index contributed by atoms with van der Waals surface area (Å²) >= 11 is 5.41. The van der Waals surface area contributed by atoms with Crippen LogP contribution in [0.5, 0.6) is 5.75 Å². The van der Waals surface area contributed by atoms with Gasteiger partial charge in [-0.2, -0.15) is 0 Å². The fraction of sp³-hybridized carbons (Fsp3) is 0.364. The Hall–Kier alpha value is -1.22. The molecule has 0 heterocycles. The van der Waals surface area contributed by atoms with Gasteiger partial charge in [0.05, 0.1) is 13.2 Å². The van der Waals surface area contributed by atoms with E-state index in [0.717, 1.165) is 11.3 Å². The van der Waals surface area contributed by atoms with Gasteiger partial charge in [0.15, 0.2) is 0 Å². The highest BCUT2D eigenvalue weighted by Gasteiger charge is 2.12. The molecular weight excluding hydrogens is 214 g/mol. The summed E-state index contributed by atoms with van der Waals surface area (Å²) in [6.45, 7) is 1.89. The van der Waals surface area contributed by atoms with Crippen LogP contribution in [0.4, 0.5) is 0 Å². The van der Waals surface area contributed by atoms with Crippen molar-refractivity contribution in [2.24, 2.45) is 0 Å². The van der Waals surface area contributed by atoms with Gasteiger partial charge in [-0.1, -0.05) is 18.2 Å². The Kier molecular flexibility index (Phi) is 4.43. The topological polar surface area (TPSA) is 38.3 Å². The summed E-state index contributed by atoms with van der Waals surface area (Å²) in [5, 5.41) is 2.77. The maximum absolute atomic E-state index is 11.1. The van der Waals surface area contributed by atoms with E-state index < -0.39 is 0 Å². The highest BCUT2D eigenvalue weighted by Crippen LogP contribution is 2.24. The van der Waals surface area contributed by atoms with E-state index in [9.17, 15) is 4.79 Å². The highest BCUT2D eigenvalue weighted by atomic mass is 35.5. The molecule has 0 saturated heterocycles. The fourth-order valence-corrected chi connectivity index (χ4v) is 1.46. The first-order valence-electron chi connectivity index (χ1n) is 4.67. The second kappa shape index (κ2) is 5.61. The normalized spacial score (nSPS) is 11.9. The average molecular weight is 228 g/mol. The molecule has 1 aromatic rings. The lowest BCUT2D eigenvalue weighted by molar-refractivity contribution is -0.119. The number of hydrogen-bond donors (Lipinski definition) is 1. The highest BCUT2D eigenvalue weighted by molar-refractivity contribution is 6.27. The monoisotopic (exact) mass is 227 g/mol. The Morgan fingerprint density at radius 3 is 2.80 bits per heavy atom. The van der Waals surface area contributed by atoms with Crippen LogP contribution in [0.3, 0.4) is 0 Å². The van der Waals surface area contributed by atoms with E-state index in [1.807, 2.05) is 31.2 Å². The number of methoxy groups -OCH3 is 1. The van der Waals surface area contributed by atoms with Crippen LogP contribution in [0.25, 0.3) is 0 Å². The first kappa shape index (κ1) is 11.9. The number of ether oxygens (including phenoxy) is 1. The second-order valence-corrected chi connectivity index (χ2v) is 3.43. The summed E-state index contributed by atoms with van der Waals surface area (Å²) in [5.41, 5.74) is 0.943. The van der Waals surface area contributed by atoms with Crippen LogP contribution < -0.4 is 10.1 Å². The third-order valence-electron chi connectivity index (χ3n) is 2.10. The van der Waals surface area contributed by atoms with E-state index >= 15 is 0 Å². The summed E-state index contributed by atoms with van der Waals surface area (Å²) in [6.07, 6.45) is 0. The Bertz CT molecular complexity index is 341. The summed E-state index contributed by atoms with van der Waals surface area (Å²) in [7, 11) is 1.61. The van der Waals surface area contributed by atoms with Crippen molar-refractivity contribution >= 4 is 17.5 Å².